The number of nitrogens with zero attached hydrogens (tertiary/aromatic N) is 3. The number of anilines is 2. The molecule has 3 aromatic rings. The van der Waals surface area contributed by atoms with Crippen LogP contribution in [0.5, 0.6) is 0 Å². The summed E-state index contributed by atoms with van der Waals surface area (Å²) in [4.78, 5) is 47.0. The van der Waals surface area contributed by atoms with Crippen molar-refractivity contribution in [2.24, 2.45) is 0 Å². The van der Waals surface area contributed by atoms with Gasteiger partial charge in [-0.2, -0.15) is 0 Å². The molecule has 10 nitrogen and oxygen atoms in total. The number of carbonyl (C=O) groups excluding carboxylic acids is 2. The second-order valence-electron chi connectivity index (χ2n) is 6.45. The van der Waals surface area contributed by atoms with Crippen molar-refractivity contribution >= 4 is 34.6 Å². The largest absolute Gasteiger partial charge is 0.322 e. The smallest absolute Gasteiger partial charge is 0.289 e. The number of hydrogen-bond acceptors (Lipinski definition) is 6. The molecule has 0 heterocycles. The first kappa shape index (κ1) is 21.1. The molecule has 31 heavy (non-hydrogen) atoms. The number of rotatable bonds is 6. The van der Waals surface area contributed by atoms with E-state index in [-0.39, 0.29) is 11.5 Å². The molecule has 0 saturated carbocycles. The van der Waals surface area contributed by atoms with Gasteiger partial charge in [0.05, 0.1) is 15.9 Å². The van der Waals surface area contributed by atoms with Crippen LogP contribution in [0.3, 0.4) is 0 Å². The number of para-hydroxylation sites is 1. The molecule has 0 aromatic heterocycles. The summed E-state index contributed by atoms with van der Waals surface area (Å²) in [5.74, 6) is -1.06. The third-order valence-corrected chi connectivity index (χ3v) is 4.47. The van der Waals surface area contributed by atoms with Crippen LogP contribution in [0.15, 0.2) is 72.8 Å². The predicted octanol–water partition coefficient (Wildman–Crippen LogP) is 4.03. The van der Waals surface area contributed by atoms with Gasteiger partial charge in [-0.3, -0.25) is 29.8 Å². The van der Waals surface area contributed by atoms with Crippen molar-refractivity contribution in [1.82, 2.24) is 0 Å². The Hall–Kier alpha value is -4.60. The number of non-ortho nitro benzene ring substituents is 1. The number of amides is 2. The van der Waals surface area contributed by atoms with Crippen molar-refractivity contribution < 1.29 is 19.4 Å². The highest BCUT2D eigenvalue weighted by molar-refractivity contribution is 6.08. The van der Waals surface area contributed by atoms with E-state index in [9.17, 15) is 29.8 Å². The lowest BCUT2D eigenvalue weighted by molar-refractivity contribution is -0.394. The van der Waals surface area contributed by atoms with Crippen LogP contribution in [0.2, 0.25) is 0 Å². The Balaban J connectivity index is 1.77. The topological polar surface area (TPSA) is 136 Å². The van der Waals surface area contributed by atoms with E-state index in [2.05, 4.69) is 5.32 Å². The lowest BCUT2D eigenvalue weighted by Crippen LogP contribution is -2.26. The zero-order chi connectivity index (χ0) is 22.5. The molecule has 3 rings (SSSR count). The Bertz CT molecular complexity index is 1160. The van der Waals surface area contributed by atoms with Crippen LogP contribution in [-0.4, -0.2) is 28.7 Å². The maximum atomic E-state index is 12.6. The second-order valence-corrected chi connectivity index (χ2v) is 6.45. The molecule has 2 amide bonds. The predicted molar refractivity (Wildman–Crippen MR) is 113 cm³/mol. The maximum Gasteiger partial charge on any atom is 0.289 e. The average molecular weight is 420 g/mol. The fraction of sp³-hybridized carbons (Fsp3) is 0.0476. The van der Waals surface area contributed by atoms with Crippen molar-refractivity contribution in [2.75, 3.05) is 17.3 Å². The van der Waals surface area contributed by atoms with Crippen LogP contribution >= 0.6 is 0 Å². The van der Waals surface area contributed by atoms with Gasteiger partial charge in [-0.05, 0) is 42.5 Å². The first-order valence-electron chi connectivity index (χ1n) is 8.95. The van der Waals surface area contributed by atoms with Crippen molar-refractivity contribution in [3.8, 4) is 0 Å². The molecular weight excluding hydrogens is 404 g/mol. The number of benzene rings is 3. The maximum absolute atomic E-state index is 12.6. The lowest BCUT2D eigenvalue weighted by atomic mass is 10.1. The zero-order valence-corrected chi connectivity index (χ0v) is 16.2. The fourth-order valence-electron chi connectivity index (χ4n) is 2.83. The van der Waals surface area contributed by atoms with E-state index in [0.29, 0.717) is 11.3 Å². The molecule has 0 aliphatic carbocycles. The molecule has 156 valence electrons. The molecule has 0 atom stereocenters. The second kappa shape index (κ2) is 8.82. The van der Waals surface area contributed by atoms with Gasteiger partial charge in [0.15, 0.2) is 0 Å². The molecule has 0 aliphatic heterocycles. The van der Waals surface area contributed by atoms with Gasteiger partial charge in [0.25, 0.3) is 23.2 Å². The number of nitrogens with one attached hydrogen (secondary N) is 1. The van der Waals surface area contributed by atoms with Crippen LogP contribution < -0.4 is 10.2 Å². The summed E-state index contributed by atoms with van der Waals surface area (Å²) in [6, 6.07) is 17.8. The van der Waals surface area contributed by atoms with Gasteiger partial charge in [-0.15, -0.1) is 0 Å². The Labute approximate surface area is 176 Å². The van der Waals surface area contributed by atoms with Gasteiger partial charge >= 0.3 is 0 Å². The minimum absolute atomic E-state index is 0.255. The summed E-state index contributed by atoms with van der Waals surface area (Å²) < 4.78 is 0. The lowest BCUT2D eigenvalue weighted by Gasteiger charge is -2.17. The molecule has 0 aliphatic rings. The molecule has 0 bridgehead atoms. The standard InChI is InChI=1S/C21H16N4O6/c1-23(16-5-3-2-4-6-16)21(27)14-7-9-15(10-8-14)22-20(26)18-12-11-17(24(28)29)13-19(18)25(30)31/h2-13H,1H3,(H,22,26). The zero-order valence-electron chi connectivity index (χ0n) is 16.2. The van der Waals surface area contributed by atoms with Crippen LogP contribution in [-0.2, 0) is 0 Å². The van der Waals surface area contributed by atoms with Gasteiger partial charge in [0, 0.05) is 30.1 Å². The van der Waals surface area contributed by atoms with Gasteiger partial charge in [0.1, 0.15) is 5.56 Å². The third-order valence-electron chi connectivity index (χ3n) is 4.47. The first-order valence-corrected chi connectivity index (χ1v) is 8.95. The van der Waals surface area contributed by atoms with Gasteiger partial charge < -0.3 is 10.2 Å². The van der Waals surface area contributed by atoms with E-state index in [1.807, 2.05) is 18.2 Å². The van der Waals surface area contributed by atoms with E-state index in [0.717, 1.165) is 23.9 Å². The average Bonchev–Trinajstić information content (AvgIpc) is 2.78. The van der Waals surface area contributed by atoms with E-state index in [1.54, 1.807) is 19.2 Å². The minimum atomic E-state index is -0.858. The Kier molecular flexibility index (Phi) is 6.01. The summed E-state index contributed by atoms with van der Waals surface area (Å²) in [6.07, 6.45) is 0. The summed E-state index contributed by atoms with van der Waals surface area (Å²) in [6.45, 7) is 0. The van der Waals surface area contributed by atoms with Gasteiger partial charge in [-0.25, -0.2) is 0 Å². The van der Waals surface area contributed by atoms with Gasteiger partial charge in [0.2, 0.25) is 0 Å². The summed E-state index contributed by atoms with van der Waals surface area (Å²) >= 11 is 0. The number of nitro groups is 2. The molecule has 10 heteroatoms. The van der Waals surface area contributed by atoms with Crippen LogP contribution in [0.25, 0.3) is 0 Å². The molecule has 0 fully saturated rings. The van der Waals surface area contributed by atoms with Crippen LogP contribution in [0.1, 0.15) is 20.7 Å². The Morgan fingerprint density at radius 2 is 1.52 bits per heavy atom. The van der Waals surface area contributed by atoms with Gasteiger partial charge in [-0.1, -0.05) is 18.2 Å². The fourth-order valence-corrected chi connectivity index (χ4v) is 2.83. The summed E-state index contributed by atoms with van der Waals surface area (Å²) in [5, 5.41) is 24.5. The van der Waals surface area contributed by atoms with Crippen LogP contribution in [0, 0.1) is 20.2 Å². The van der Waals surface area contributed by atoms with Crippen molar-refractivity contribution in [3.63, 3.8) is 0 Å². The normalized spacial score (nSPS) is 10.2. The third kappa shape index (κ3) is 4.70. The van der Waals surface area contributed by atoms with Crippen molar-refractivity contribution in [1.29, 1.82) is 0 Å². The molecular formula is C21H16N4O6. The summed E-state index contributed by atoms with van der Waals surface area (Å²) in [7, 11) is 1.64. The van der Waals surface area contributed by atoms with E-state index in [1.165, 1.54) is 29.2 Å². The minimum Gasteiger partial charge on any atom is -0.322 e. The van der Waals surface area contributed by atoms with Crippen molar-refractivity contribution in [2.45, 2.75) is 0 Å². The molecule has 0 radical (unpaired) electrons. The van der Waals surface area contributed by atoms with E-state index < -0.39 is 27.1 Å². The van der Waals surface area contributed by atoms with E-state index in [4.69, 9.17) is 0 Å². The number of hydrogen-bond donors (Lipinski definition) is 1. The Morgan fingerprint density at radius 1 is 0.871 bits per heavy atom. The number of carbonyl (C=O) groups is 2. The van der Waals surface area contributed by atoms with E-state index >= 15 is 0 Å². The van der Waals surface area contributed by atoms with Crippen LogP contribution in [0.4, 0.5) is 22.7 Å². The SMILES string of the molecule is CN(C(=O)c1ccc(NC(=O)c2ccc([N+](=O)[O-])cc2[N+](=O)[O-])cc1)c1ccccc1. The first-order chi connectivity index (χ1) is 14.8. The molecule has 1 N–H and O–H groups in total. The summed E-state index contributed by atoms with van der Waals surface area (Å²) in [5.41, 5.74) is -0.0891. The Morgan fingerprint density at radius 3 is 2.10 bits per heavy atom. The highest BCUT2D eigenvalue weighted by Gasteiger charge is 2.24. The van der Waals surface area contributed by atoms with Crippen molar-refractivity contribution in [3.05, 3.63) is 104 Å². The molecule has 0 spiro atoms. The highest BCUT2D eigenvalue weighted by Crippen LogP contribution is 2.25. The number of nitro benzene ring substituents is 2. The quantitative estimate of drug-likeness (QED) is 0.472. The molecule has 0 saturated heterocycles. The monoisotopic (exact) mass is 420 g/mol. The molecule has 3 aromatic carbocycles. The highest BCUT2D eigenvalue weighted by atomic mass is 16.6. The molecule has 0 unspecified atom stereocenters.